The molecule has 0 aliphatic rings. The van der Waals surface area contributed by atoms with Crippen molar-refractivity contribution in [2.45, 2.75) is 6.54 Å². The number of hydrogen-bond acceptors (Lipinski definition) is 8. The molecule has 2 aromatic carbocycles. The standard InChI is InChI=1S/C26H31N2O8/c1-28(2,16-20-10-12-25(36-20)27(29)30)17-35-22-13-18(9-11-21(22)31-3)7-8-19-14-23(32-4)26(34-6)24(15-19)33-5/h7-15H,16-17H2,1-6H3/q+1/b8-7-. The van der Waals surface area contributed by atoms with Crippen LogP contribution < -0.4 is 23.7 Å². The number of methoxy groups -OCH3 is 4. The minimum absolute atomic E-state index is 0.279. The third kappa shape index (κ3) is 6.48. The van der Waals surface area contributed by atoms with Crippen LogP contribution >= 0.6 is 0 Å². The summed E-state index contributed by atoms with van der Waals surface area (Å²) in [5.74, 6) is 3.05. The molecular formula is C26H31N2O8+. The van der Waals surface area contributed by atoms with Gasteiger partial charge in [-0.1, -0.05) is 18.2 Å². The lowest BCUT2D eigenvalue weighted by Crippen LogP contribution is -2.41. The Morgan fingerprint density at radius 3 is 2.00 bits per heavy atom. The summed E-state index contributed by atoms with van der Waals surface area (Å²) in [7, 11) is 10.2. The Balaban J connectivity index is 1.76. The van der Waals surface area contributed by atoms with E-state index in [-0.39, 0.29) is 12.6 Å². The van der Waals surface area contributed by atoms with Crippen LogP contribution in [0.15, 0.2) is 46.9 Å². The molecule has 0 radical (unpaired) electrons. The van der Waals surface area contributed by atoms with Crippen molar-refractivity contribution in [3.63, 3.8) is 0 Å². The molecule has 0 fully saturated rings. The second-order valence-electron chi connectivity index (χ2n) is 8.57. The number of ether oxygens (including phenoxy) is 5. The number of nitro groups is 1. The molecule has 0 saturated carbocycles. The molecule has 1 aromatic heterocycles. The Bertz CT molecular complexity index is 1210. The quantitative estimate of drug-likeness (QED) is 0.113. The molecule has 0 aliphatic carbocycles. The number of rotatable bonds is 12. The fraction of sp³-hybridized carbons (Fsp3) is 0.308. The molecule has 0 amide bonds. The molecule has 0 saturated heterocycles. The van der Waals surface area contributed by atoms with E-state index in [0.29, 0.717) is 45.5 Å². The summed E-state index contributed by atoms with van der Waals surface area (Å²) in [6.45, 7) is 0.696. The molecule has 192 valence electrons. The Kier molecular flexibility index (Phi) is 8.44. The fourth-order valence-electron chi connectivity index (χ4n) is 3.56. The zero-order valence-electron chi connectivity index (χ0n) is 21.3. The molecule has 0 N–H and O–H groups in total. The van der Waals surface area contributed by atoms with Crippen LogP contribution in [0.1, 0.15) is 16.9 Å². The summed E-state index contributed by atoms with van der Waals surface area (Å²) in [6, 6.07) is 12.3. The van der Waals surface area contributed by atoms with Crippen molar-refractivity contribution >= 4 is 18.0 Å². The Labute approximate surface area is 209 Å². The van der Waals surface area contributed by atoms with Gasteiger partial charge in [-0.15, -0.1) is 0 Å². The first-order valence-electron chi connectivity index (χ1n) is 11.0. The van der Waals surface area contributed by atoms with Crippen LogP contribution in [-0.4, -0.2) is 58.7 Å². The van der Waals surface area contributed by atoms with Gasteiger partial charge < -0.3 is 28.1 Å². The second-order valence-corrected chi connectivity index (χ2v) is 8.57. The molecule has 3 rings (SSSR count). The van der Waals surface area contributed by atoms with Gasteiger partial charge in [0, 0.05) is 0 Å². The highest BCUT2D eigenvalue weighted by molar-refractivity contribution is 5.73. The summed E-state index contributed by atoms with van der Waals surface area (Å²) in [4.78, 5) is 10.3. The monoisotopic (exact) mass is 499 g/mol. The lowest BCUT2D eigenvalue weighted by atomic mass is 10.1. The van der Waals surface area contributed by atoms with Gasteiger partial charge in [-0.25, -0.2) is 0 Å². The number of benzene rings is 2. The third-order valence-electron chi connectivity index (χ3n) is 5.32. The van der Waals surface area contributed by atoms with E-state index in [1.165, 1.54) is 6.07 Å². The van der Waals surface area contributed by atoms with Gasteiger partial charge in [-0.3, -0.25) is 14.6 Å². The van der Waals surface area contributed by atoms with Gasteiger partial charge in [-0.2, -0.15) is 0 Å². The summed E-state index contributed by atoms with van der Waals surface area (Å²) in [5, 5.41) is 10.9. The lowest BCUT2D eigenvalue weighted by molar-refractivity contribution is -0.919. The molecule has 10 heteroatoms. The Hall–Kier alpha value is -4.18. The highest BCUT2D eigenvalue weighted by Crippen LogP contribution is 2.39. The van der Waals surface area contributed by atoms with E-state index in [9.17, 15) is 10.1 Å². The highest BCUT2D eigenvalue weighted by Gasteiger charge is 2.22. The first-order valence-corrected chi connectivity index (χ1v) is 11.0. The molecule has 0 spiro atoms. The van der Waals surface area contributed by atoms with Gasteiger partial charge in [0.15, 0.2) is 28.8 Å². The van der Waals surface area contributed by atoms with Gasteiger partial charge >= 0.3 is 5.88 Å². The molecule has 0 unspecified atom stereocenters. The number of nitrogens with zero attached hydrogens (tertiary/aromatic N) is 2. The maximum atomic E-state index is 10.9. The van der Waals surface area contributed by atoms with E-state index in [1.807, 2.05) is 56.6 Å². The van der Waals surface area contributed by atoms with Crippen molar-refractivity contribution in [3.05, 3.63) is 69.5 Å². The molecule has 0 bridgehead atoms. The third-order valence-corrected chi connectivity index (χ3v) is 5.32. The topological polar surface area (TPSA) is 102 Å². The van der Waals surface area contributed by atoms with Crippen LogP contribution in [0.3, 0.4) is 0 Å². The first-order chi connectivity index (χ1) is 17.2. The first kappa shape index (κ1) is 26.4. The minimum atomic E-state index is -0.554. The molecule has 0 atom stereocenters. The van der Waals surface area contributed by atoms with Gasteiger partial charge in [0.25, 0.3) is 0 Å². The SMILES string of the molecule is COc1ccc(/C=C\c2cc(OC)c(OC)c(OC)c2)cc1OC[N+](C)(C)Cc1ccc([N+](=O)[O-])o1. The lowest BCUT2D eigenvalue weighted by Gasteiger charge is -2.28. The van der Waals surface area contributed by atoms with Crippen LogP contribution in [-0.2, 0) is 6.54 Å². The Morgan fingerprint density at radius 2 is 1.44 bits per heavy atom. The summed E-state index contributed by atoms with van der Waals surface area (Å²) in [6.07, 6.45) is 3.87. The summed E-state index contributed by atoms with van der Waals surface area (Å²) in [5.41, 5.74) is 1.76. The number of furan rings is 1. The Morgan fingerprint density at radius 1 is 0.833 bits per heavy atom. The molecule has 36 heavy (non-hydrogen) atoms. The molecule has 3 aromatic rings. The van der Waals surface area contributed by atoms with E-state index < -0.39 is 4.92 Å². The zero-order chi connectivity index (χ0) is 26.3. The van der Waals surface area contributed by atoms with Gasteiger partial charge in [-0.05, 0) is 41.5 Å². The van der Waals surface area contributed by atoms with Gasteiger partial charge in [0.2, 0.25) is 12.5 Å². The summed E-state index contributed by atoms with van der Waals surface area (Å²) >= 11 is 0. The van der Waals surface area contributed by atoms with Gasteiger partial charge in [0.05, 0.1) is 48.6 Å². The van der Waals surface area contributed by atoms with Crippen LogP contribution in [0.4, 0.5) is 5.88 Å². The molecule has 1 heterocycles. The van der Waals surface area contributed by atoms with E-state index in [1.54, 1.807) is 34.5 Å². The fourth-order valence-corrected chi connectivity index (χ4v) is 3.56. The maximum absolute atomic E-state index is 10.9. The molecular weight excluding hydrogens is 468 g/mol. The van der Waals surface area contributed by atoms with E-state index in [2.05, 4.69) is 0 Å². The molecule has 10 nitrogen and oxygen atoms in total. The van der Waals surface area contributed by atoms with Crippen molar-refractivity contribution in [3.8, 4) is 28.7 Å². The zero-order valence-corrected chi connectivity index (χ0v) is 21.3. The molecule has 0 aliphatic heterocycles. The van der Waals surface area contributed by atoms with E-state index in [4.69, 9.17) is 28.1 Å². The largest absolute Gasteiger partial charge is 0.493 e. The van der Waals surface area contributed by atoms with Crippen LogP contribution in [0.2, 0.25) is 0 Å². The van der Waals surface area contributed by atoms with Crippen LogP contribution in [0.5, 0.6) is 28.7 Å². The predicted octanol–water partition coefficient (Wildman–Crippen LogP) is 5.01. The average molecular weight is 500 g/mol. The second kappa shape index (κ2) is 11.5. The van der Waals surface area contributed by atoms with Crippen LogP contribution in [0, 0.1) is 10.1 Å². The van der Waals surface area contributed by atoms with Crippen molar-refractivity contribution in [1.29, 1.82) is 0 Å². The smallest absolute Gasteiger partial charge is 0.433 e. The van der Waals surface area contributed by atoms with E-state index in [0.717, 1.165) is 11.1 Å². The maximum Gasteiger partial charge on any atom is 0.433 e. The van der Waals surface area contributed by atoms with Crippen molar-refractivity contribution < 1.29 is 37.5 Å². The average Bonchev–Trinajstić information content (AvgIpc) is 3.33. The number of hydrogen-bond donors (Lipinski definition) is 0. The van der Waals surface area contributed by atoms with Gasteiger partial charge in [0.1, 0.15) is 11.5 Å². The van der Waals surface area contributed by atoms with Crippen molar-refractivity contribution in [1.82, 2.24) is 0 Å². The van der Waals surface area contributed by atoms with Crippen molar-refractivity contribution in [2.75, 3.05) is 49.3 Å². The summed E-state index contributed by atoms with van der Waals surface area (Å²) < 4.78 is 33.5. The van der Waals surface area contributed by atoms with Crippen molar-refractivity contribution in [2.24, 2.45) is 0 Å². The minimum Gasteiger partial charge on any atom is -0.493 e. The van der Waals surface area contributed by atoms with E-state index >= 15 is 0 Å². The predicted molar refractivity (Wildman–Crippen MR) is 135 cm³/mol. The normalized spacial score (nSPS) is 11.4. The number of quaternary nitrogens is 1. The van der Waals surface area contributed by atoms with Crippen LogP contribution in [0.25, 0.3) is 12.2 Å². The highest BCUT2D eigenvalue weighted by atomic mass is 16.6.